The third kappa shape index (κ3) is 3.86. The second-order valence-corrected chi connectivity index (χ2v) is 7.43. The Bertz CT molecular complexity index is 839. The molecule has 27 heavy (non-hydrogen) atoms. The van der Waals surface area contributed by atoms with Gasteiger partial charge in [0.2, 0.25) is 5.91 Å². The average molecular weight is 367 g/mol. The van der Waals surface area contributed by atoms with E-state index in [0.29, 0.717) is 30.4 Å². The molecule has 1 amide bonds. The molecule has 0 radical (unpaired) electrons. The lowest BCUT2D eigenvalue weighted by Gasteiger charge is -2.30. The number of pyridine rings is 1. The Morgan fingerprint density at radius 2 is 2.07 bits per heavy atom. The summed E-state index contributed by atoms with van der Waals surface area (Å²) in [4.78, 5) is 30.2. The minimum atomic E-state index is 0.00731. The summed E-state index contributed by atoms with van der Waals surface area (Å²) >= 11 is 0. The topological polar surface area (TPSA) is 80.1 Å². The summed E-state index contributed by atoms with van der Waals surface area (Å²) in [5.74, 6) is 1.27. The fourth-order valence-electron chi connectivity index (χ4n) is 3.60. The number of carbonyl (C=O) groups excluding carboxylic acids is 2. The lowest BCUT2D eigenvalue weighted by Crippen LogP contribution is -2.38. The molecule has 1 aliphatic heterocycles. The lowest BCUT2D eigenvalue weighted by atomic mass is 9.84. The SMILES string of the molecule is CC(=O)c1ccc(NCc2cc3n(n2)CCCN(C(=O)C2CCC2)C3)nc1. The van der Waals surface area contributed by atoms with Gasteiger partial charge in [0, 0.05) is 30.8 Å². The highest BCUT2D eigenvalue weighted by Gasteiger charge is 2.30. The Hall–Kier alpha value is -2.70. The van der Waals surface area contributed by atoms with E-state index in [0.717, 1.165) is 43.7 Å². The number of nitrogens with zero attached hydrogens (tertiary/aromatic N) is 4. The normalized spacial score (nSPS) is 17.0. The fraction of sp³-hybridized carbons (Fsp3) is 0.500. The van der Waals surface area contributed by atoms with E-state index in [1.807, 2.05) is 9.58 Å². The summed E-state index contributed by atoms with van der Waals surface area (Å²) in [5, 5.41) is 7.92. The van der Waals surface area contributed by atoms with Gasteiger partial charge in [-0.2, -0.15) is 5.10 Å². The molecule has 0 unspecified atom stereocenters. The predicted molar refractivity (Wildman–Crippen MR) is 101 cm³/mol. The molecule has 1 saturated carbocycles. The van der Waals surface area contributed by atoms with E-state index in [1.54, 1.807) is 18.3 Å². The molecule has 0 bridgehead atoms. The Kier molecular flexibility index (Phi) is 4.92. The first-order valence-corrected chi connectivity index (χ1v) is 9.65. The summed E-state index contributed by atoms with van der Waals surface area (Å²) in [7, 11) is 0. The summed E-state index contributed by atoms with van der Waals surface area (Å²) < 4.78 is 2.03. The van der Waals surface area contributed by atoms with Gasteiger partial charge in [0.25, 0.3) is 0 Å². The molecular formula is C20H25N5O2. The average Bonchev–Trinajstić information content (AvgIpc) is 2.89. The van der Waals surface area contributed by atoms with Crippen molar-refractivity contribution in [3.8, 4) is 0 Å². The molecule has 0 atom stereocenters. The van der Waals surface area contributed by atoms with Gasteiger partial charge in [-0.15, -0.1) is 0 Å². The lowest BCUT2D eigenvalue weighted by molar-refractivity contribution is -0.138. The predicted octanol–water partition coefficient (Wildman–Crippen LogP) is 2.63. The minimum Gasteiger partial charge on any atom is -0.364 e. The summed E-state index contributed by atoms with van der Waals surface area (Å²) in [6.07, 6.45) is 5.78. The summed E-state index contributed by atoms with van der Waals surface area (Å²) in [5.41, 5.74) is 2.63. The van der Waals surface area contributed by atoms with Crippen LogP contribution in [0.15, 0.2) is 24.4 Å². The largest absolute Gasteiger partial charge is 0.364 e. The minimum absolute atomic E-state index is 0.00731. The molecule has 0 saturated heterocycles. The zero-order chi connectivity index (χ0) is 18.8. The Labute approximate surface area is 158 Å². The van der Waals surface area contributed by atoms with Gasteiger partial charge in [-0.1, -0.05) is 6.42 Å². The van der Waals surface area contributed by atoms with Gasteiger partial charge in [0.05, 0.1) is 24.5 Å². The van der Waals surface area contributed by atoms with E-state index in [-0.39, 0.29) is 11.7 Å². The Morgan fingerprint density at radius 1 is 1.22 bits per heavy atom. The zero-order valence-electron chi connectivity index (χ0n) is 15.6. The van der Waals surface area contributed by atoms with Crippen LogP contribution in [0.5, 0.6) is 0 Å². The first-order chi connectivity index (χ1) is 13.1. The summed E-state index contributed by atoms with van der Waals surface area (Å²) in [6, 6.07) is 5.64. The number of amides is 1. The highest BCUT2D eigenvalue weighted by molar-refractivity contribution is 5.93. The van der Waals surface area contributed by atoms with Crippen molar-refractivity contribution >= 4 is 17.5 Å². The first-order valence-electron chi connectivity index (χ1n) is 9.65. The van der Waals surface area contributed by atoms with E-state index >= 15 is 0 Å². The van der Waals surface area contributed by atoms with Crippen LogP contribution in [0, 0.1) is 5.92 Å². The van der Waals surface area contributed by atoms with Crippen LogP contribution in [-0.4, -0.2) is 37.9 Å². The van der Waals surface area contributed by atoms with Crippen molar-refractivity contribution in [3.63, 3.8) is 0 Å². The molecule has 7 nitrogen and oxygen atoms in total. The fourth-order valence-corrected chi connectivity index (χ4v) is 3.60. The molecule has 3 heterocycles. The van der Waals surface area contributed by atoms with E-state index in [2.05, 4.69) is 21.5 Å². The summed E-state index contributed by atoms with van der Waals surface area (Å²) in [6.45, 7) is 4.40. The van der Waals surface area contributed by atoms with Crippen LogP contribution in [0.2, 0.25) is 0 Å². The number of anilines is 1. The van der Waals surface area contributed by atoms with Gasteiger partial charge in [0.1, 0.15) is 5.82 Å². The maximum atomic E-state index is 12.6. The number of aromatic nitrogens is 3. The van der Waals surface area contributed by atoms with Crippen LogP contribution in [0.1, 0.15) is 54.4 Å². The molecule has 0 spiro atoms. The number of hydrogen-bond acceptors (Lipinski definition) is 5. The quantitative estimate of drug-likeness (QED) is 0.822. The van der Waals surface area contributed by atoms with Crippen LogP contribution in [0.3, 0.4) is 0 Å². The molecule has 142 valence electrons. The van der Waals surface area contributed by atoms with Crippen molar-refractivity contribution in [2.45, 2.75) is 52.2 Å². The molecule has 2 aromatic rings. The molecule has 0 aromatic carbocycles. The maximum absolute atomic E-state index is 12.6. The van der Waals surface area contributed by atoms with Gasteiger partial charge in [0.15, 0.2) is 5.78 Å². The molecule has 4 rings (SSSR count). The molecule has 1 N–H and O–H groups in total. The van der Waals surface area contributed by atoms with Crippen molar-refractivity contribution < 1.29 is 9.59 Å². The van der Waals surface area contributed by atoms with Gasteiger partial charge >= 0.3 is 0 Å². The van der Waals surface area contributed by atoms with E-state index in [1.165, 1.54) is 13.3 Å². The molecule has 7 heteroatoms. The number of hydrogen-bond donors (Lipinski definition) is 1. The van der Waals surface area contributed by atoms with E-state index in [9.17, 15) is 9.59 Å². The van der Waals surface area contributed by atoms with E-state index in [4.69, 9.17) is 0 Å². The molecular weight excluding hydrogens is 342 g/mol. The number of nitrogens with one attached hydrogen (secondary N) is 1. The molecule has 2 aromatic heterocycles. The van der Waals surface area contributed by atoms with Crippen molar-refractivity contribution in [2.75, 3.05) is 11.9 Å². The highest BCUT2D eigenvalue weighted by atomic mass is 16.2. The van der Waals surface area contributed by atoms with Crippen LogP contribution in [-0.2, 0) is 24.4 Å². The first kappa shape index (κ1) is 17.7. The standard InChI is InChI=1S/C20H25N5O2/c1-14(26)16-6-7-19(21-11-16)22-12-17-10-18-13-24(8-3-9-25(18)23-17)20(27)15-4-2-5-15/h6-7,10-11,15H,2-5,8-9,12-13H2,1H3,(H,21,22). The Morgan fingerprint density at radius 3 is 2.74 bits per heavy atom. The van der Waals surface area contributed by atoms with Crippen LogP contribution < -0.4 is 5.32 Å². The van der Waals surface area contributed by atoms with Gasteiger partial charge in [-0.3, -0.25) is 14.3 Å². The van der Waals surface area contributed by atoms with Crippen molar-refractivity contribution in [1.82, 2.24) is 19.7 Å². The number of fused-ring (bicyclic) bond motifs is 1. The number of carbonyl (C=O) groups is 2. The van der Waals surface area contributed by atoms with Crippen LogP contribution >= 0.6 is 0 Å². The smallest absolute Gasteiger partial charge is 0.226 e. The number of aryl methyl sites for hydroxylation is 1. The molecule has 2 aliphatic rings. The van der Waals surface area contributed by atoms with Gasteiger partial charge in [-0.25, -0.2) is 4.98 Å². The van der Waals surface area contributed by atoms with Crippen LogP contribution in [0.4, 0.5) is 5.82 Å². The monoisotopic (exact) mass is 367 g/mol. The second kappa shape index (κ2) is 7.50. The number of ketones is 1. The number of rotatable bonds is 5. The second-order valence-electron chi connectivity index (χ2n) is 7.43. The molecule has 1 aliphatic carbocycles. The highest BCUT2D eigenvalue weighted by Crippen LogP contribution is 2.29. The van der Waals surface area contributed by atoms with E-state index < -0.39 is 0 Å². The van der Waals surface area contributed by atoms with Crippen LogP contribution in [0.25, 0.3) is 0 Å². The zero-order valence-corrected chi connectivity index (χ0v) is 15.6. The Balaban J connectivity index is 1.39. The maximum Gasteiger partial charge on any atom is 0.226 e. The number of Topliss-reactive ketones (excluding diaryl/α,β-unsaturated/α-hetero) is 1. The third-order valence-electron chi connectivity index (χ3n) is 5.45. The van der Waals surface area contributed by atoms with Crippen molar-refractivity contribution in [2.24, 2.45) is 5.92 Å². The third-order valence-corrected chi connectivity index (χ3v) is 5.45. The van der Waals surface area contributed by atoms with Crippen molar-refractivity contribution in [3.05, 3.63) is 41.3 Å². The van der Waals surface area contributed by atoms with Crippen molar-refractivity contribution in [1.29, 1.82) is 0 Å². The van der Waals surface area contributed by atoms with Gasteiger partial charge < -0.3 is 10.2 Å². The van der Waals surface area contributed by atoms with Gasteiger partial charge in [-0.05, 0) is 44.4 Å². The molecule has 1 fully saturated rings.